The number of hydrogen-bond donors (Lipinski definition) is 1. The van der Waals surface area contributed by atoms with Crippen LogP contribution in [0, 0.1) is 11.3 Å². The first-order chi connectivity index (χ1) is 14.2. The lowest BCUT2D eigenvalue weighted by Gasteiger charge is -2.16. The van der Waals surface area contributed by atoms with Gasteiger partial charge in [0.05, 0.1) is 11.6 Å². The third-order valence-electron chi connectivity index (χ3n) is 4.37. The van der Waals surface area contributed by atoms with Crippen molar-refractivity contribution >= 4 is 5.91 Å². The number of amides is 1. The van der Waals surface area contributed by atoms with Gasteiger partial charge in [0.1, 0.15) is 18.1 Å². The van der Waals surface area contributed by atoms with Crippen LogP contribution < -0.4 is 14.8 Å². The van der Waals surface area contributed by atoms with Gasteiger partial charge in [-0.2, -0.15) is 5.26 Å². The van der Waals surface area contributed by atoms with E-state index in [9.17, 15) is 4.79 Å². The lowest BCUT2D eigenvalue weighted by molar-refractivity contribution is -0.127. The summed E-state index contributed by atoms with van der Waals surface area (Å²) in [5, 5.41) is 11.7. The van der Waals surface area contributed by atoms with Crippen molar-refractivity contribution in [3.63, 3.8) is 0 Å². The predicted molar refractivity (Wildman–Crippen MR) is 110 cm³/mol. The molecule has 0 bridgehead atoms. The molecule has 0 aliphatic carbocycles. The SMILES string of the molecule is CC(Oc1ccc(C#N)cc1)C(=O)NCc1ccccc1COc1ccccc1. The standard InChI is InChI=1S/C24H22N2O3/c1-18(29-23-13-11-19(15-25)12-14-23)24(27)26-16-20-7-5-6-8-21(20)17-28-22-9-3-2-4-10-22/h2-14,18H,16-17H2,1H3,(H,26,27). The smallest absolute Gasteiger partial charge is 0.261 e. The van der Waals surface area contributed by atoms with E-state index >= 15 is 0 Å². The molecule has 0 heterocycles. The number of benzene rings is 3. The monoisotopic (exact) mass is 386 g/mol. The van der Waals surface area contributed by atoms with Gasteiger partial charge in [0.2, 0.25) is 0 Å². The van der Waals surface area contributed by atoms with Crippen LogP contribution in [-0.4, -0.2) is 12.0 Å². The molecule has 146 valence electrons. The Hall–Kier alpha value is -3.78. The first kappa shape index (κ1) is 20.0. The number of ether oxygens (including phenoxy) is 2. The van der Waals surface area contributed by atoms with Crippen molar-refractivity contribution in [1.82, 2.24) is 5.32 Å². The molecule has 5 nitrogen and oxygen atoms in total. The van der Waals surface area contributed by atoms with Crippen molar-refractivity contribution < 1.29 is 14.3 Å². The molecule has 0 spiro atoms. The second-order valence-corrected chi connectivity index (χ2v) is 6.48. The number of nitriles is 1. The summed E-state index contributed by atoms with van der Waals surface area (Å²) >= 11 is 0. The highest BCUT2D eigenvalue weighted by atomic mass is 16.5. The number of hydrogen-bond acceptors (Lipinski definition) is 4. The molecular weight excluding hydrogens is 364 g/mol. The van der Waals surface area contributed by atoms with Gasteiger partial charge >= 0.3 is 0 Å². The Morgan fingerprint density at radius 2 is 1.59 bits per heavy atom. The van der Waals surface area contributed by atoms with Crippen molar-refractivity contribution in [1.29, 1.82) is 5.26 Å². The second kappa shape index (κ2) is 9.95. The fourth-order valence-electron chi connectivity index (χ4n) is 2.74. The van der Waals surface area contributed by atoms with Crippen molar-refractivity contribution in [3.8, 4) is 17.6 Å². The van der Waals surface area contributed by atoms with Crippen LogP contribution >= 0.6 is 0 Å². The van der Waals surface area contributed by atoms with E-state index in [0.29, 0.717) is 24.5 Å². The molecule has 0 aliphatic heterocycles. The minimum absolute atomic E-state index is 0.215. The highest BCUT2D eigenvalue weighted by Gasteiger charge is 2.15. The predicted octanol–water partition coefficient (Wildman–Crippen LogP) is 4.22. The van der Waals surface area contributed by atoms with Crippen molar-refractivity contribution in [2.45, 2.75) is 26.2 Å². The van der Waals surface area contributed by atoms with E-state index in [2.05, 4.69) is 5.32 Å². The number of nitrogens with one attached hydrogen (secondary N) is 1. The van der Waals surface area contributed by atoms with E-state index in [4.69, 9.17) is 14.7 Å². The van der Waals surface area contributed by atoms with Gasteiger partial charge in [-0.15, -0.1) is 0 Å². The van der Waals surface area contributed by atoms with E-state index in [0.717, 1.165) is 16.9 Å². The summed E-state index contributed by atoms with van der Waals surface area (Å²) in [7, 11) is 0. The van der Waals surface area contributed by atoms with Crippen LogP contribution in [0.2, 0.25) is 0 Å². The van der Waals surface area contributed by atoms with Gasteiger partial charge in [-0.1, -0.05) is 42.5 Å². The summed E-state index contributed by atoms with van der Waals surface area (Å²) in [6.07, 6.45) is -0.657. The van der Waals surface area contributed by atoms with Gasteiger partial charge in [-0.3, -0.25) is 4.79 Å². The van der Waals surface area contributed by atoms with Crippen LogP contribution in [0.15, 0.2) is 78.9 Å². The number of nitrogens with zero attached hydrogens (tertiary/aromatic N) is 1. The maximum atomic E-state index is 12.4. The maximum absolute atomic E-state index is 12.4. The minimum atomic E-state index is -0.657. The van der Waals surface area contributed by atoms with Crippen LogP contribution in [0.1, 0.15) is 23.6 Å². The second-order valence-electron chi connectivity index (χ2n) is 6.48. The zero-order valence-corrected chi connectivity index (χ0v) is 16.2. The molecule has 1 N–H and O–H groups in total. The van der Waals surface area contributed by atoms with Gasteiger partial charge in [0.15, 0.2) is 6.10 Å². The Kier molecular flexibility index (Phi) is 6.85. The average molecular weight is 386 g/mol. The topological polar surface area (TPSA) is 71.3 Å². The van der Waals surface area contributed by atoms with Crippen LogP contribution in [0.25, 0.3) is 0 Å². The fourth-order valence-corrected chi connectivity index (χ4v) is 2.74. The molecule has 0 aromatic heterocycles. The van der Waals surface area contributed by atoms with Crippen molar-refractivity contribution in [3.05, 3.63) is 95.6 Å². The van der Waals surface area contributed by atoms with Gasteiger partial charge in [0.25, 0.3) is 5.91 Å². The minimum Gasteiger partial charge on any atom is -0.489 e. The summed E-state index contributed by atoms with van der Waals surface area (Å²) in [6.45, 7) is 2.50. The number of rotatable bonds is 8. The molecule has 3 aromatic carbocycles. The number of carbonyl (C=O) groups is 1. The maximum Gasteiger partial charge on any atom is 0.261 e. The van der Waals surface area contributed by atoms with Gasteiger partial charge in [0, 0.05) is 6.54 Å². The molecule has 3 aromatic rings. The first-order valence-corrected chi connectivity index (χ1v) is 9.35. The van der Waals surface area contributed by atoms with Crippen molar-refractivity contribution in [2.24, 2.45) is 0 Å². The molecule has 1 atom stereocenters. The molecule has 5 heteroatoms. The Morgan fingerprint density at radius 1 is 0.931 bits per heavy atom. The number of carbonyl (C=O) groups excluding carboxylic acids is 1. The molecule has 0 saturated carbocycles. The van der Waals surface area contributed by atoms with E-state index in [1.54, 1.807) is 31.2 Å². The lowest BCUT2D eigenvalue weighted by atomic mass is 10.1. The van der Waals surface area contributed by atoms with Gasteiger partial charge in [-0.05, 0) is 54.4 Å². The average Bonchev–Trinajstić information content (AvgIpc) is 2.77. The zero-order valence-electron chi connectivity index (χ0n) is 16.2. The zero-order chi connectivity index (χ0) is 20.5. The Bertz CT molecular complexity index is 979. The summed E-state index contributed by atoms with van der Waals surface area (Å²) in [4.78, 5) is 12.4. The van der Waals surface area contributed by atoms with Gasteiger partial charge in [-0.25, -0.2) is 0 Å². The van der Waals surface area contributed by atoms with E-state index in [1.807, 2.05) is 60.7 Å². The van der Waals surface area contributed by atoms with Crippen molar-refractivity contribution in [2.75, 3.05) is 0 Å². The van der Waals surface area contributed by atoms with Gasteiger partial charge < -0.3 is 14.8 Å². The summed E-state index contributed by atoms with van der Waals surface area (Å²) in [5.41, 5.74) is 2.54. The third kappa shape index (κ3) is 5.85. The molecular formula is C24H22N2O3. The molecule has 0 aliphatic rings. The van der Waals surface area contributed by atoms with Crippen LogP contribution in [-0.2, 0) is 17.9 Å². The highest BCUT2D eigenvalue weighted by Crippen LogP contribution is 2.16. The summed E-state index contributed by atoms with van der Waals surface area (Å²) < 4.78 is 11.5. The number of para-hydroxylation sites is 1. The molecule has 0 radical (unpaired) electrons. The molecule has 1 amide bonds. The third-order valence-corrected chi connectivity index (χ3v) is 4.37. The molecule has 0 saturated heterocycles. The molecule has 3 rings (SSSR count). The molecule has 0 fully saturated rings. The summed E-state index contributed by atoms with van der Waals surface area (Å²) in [6, 6.07) is 26.2. The molecule has 29 heavy (non-hydrogen) atoms. The normalized spacial score (nSPS) is 11.2. The summed E-state index contributed by atoms with van der Waals surface area (Å²) in [5.74, 6) is 1.13. The van der Waals surface area contributed by atoms with Crippen LogP contribution in [0.3, 0.4) is 0 Å². The largest absolute Gasteiger partial charge is 0.489 e. The van der Waals surface area contributed by atoms with E-state index in [1.165, 1.54) is 0 Å². The Labute approximate surface area is 170 Å². The molecule has 1 unspecified atom stereocenters. The first-order valence-electron chi connectivity index (χ1n) is 9.35. The lowest BCUT2D eigenvalue weighted by Crippen LogP contribution is -2.36. The van der Waals surface area contributed by atoms with E-state index < -0.39 is 6.10 Å². The van der Waals surface area contributed by atoms with Crippen LogP contribution in [0.4, 0.5) is 0 Å². The Morgan fingerprint density at radius 3 is 2.28 bits per heavy atom. The fraction of sp³-hybridized carbons (Fsp3) is 0.167. The van der Waals surface area contributed by atoms with E-state index in [-0.39, 0.29) is 5.91 Å². The van der Waals surface area contributed by atoms with Crippen LogP contribution in [0.5, 0.6) is 11.5 Å². The quantitative estimate of drug-likeness (QED) is 0.629. The Balaban J connectivity index is 1.54. The highest BCUT2D eigenvalue weighted by molar-refractivity contribution is 5.80.